The number of methoxy groups -OCH3 is 1. The van der Waals surface area contributed by atoms with Crippen molar-refractivity contribution in [2.24, 2.45) is 0 Å². The average Bonchev–Trinajstić information content (AvgIpc) is 3.03. The molecule has 0 aliphatic carbocycles. The summed E-state index contributed by atoms with van der Waals surface area (Å²) in [4.78, 5) is 20.6. The summed E-state index contributed by atoms with van der Waals surface area (Å²) in [5, 5.41) is 1.07. The van der Waals surface area contributed by atoms with Crippen LogP contribution in [0.4, 0.5) is 5.69 Å². The summed E-state index contributed by atoms with van der Waals surface area (Å²) >= 11 is 0. The van der Waals surface area contributed by atoms with Crippen LogP contribution in [0.15, 0.2) is 48.5 Å². The Labute approximate surface area is 159 Å². The van der Waals surface area contributed by atoms with Gasteiger partial charge >= 0.3 is 0 Å². The van der Waals surface area contributed by atoms with Crippen LogP contribution in [0.25, 0.3) is 10.9 Å². The van der Waals surface area contributed by atoms with Crippen LogP contribution < -0.4 is 9.64 Å². The molecule has 0 bridgehead atoms. The number of aryl methyl sites for hydroxylation is 1. The van der Waals surface area contributed by atoms with E-state index < -0.39 is 0 Å². The predicted molar refractivity (Wildman–Crippen MR) is 109 cm³/mol. The van der Waals surface area contributed by atoms with Gasteiger partial charge in [-0.05, 0) is 42.8 Å². The summed E-state index contributed by atoms with van der Waals surface area (Å²) in [6.45, 7) is 5.30. The number of carbonyl (C=O) groups excluding carboxylic acids is 1. The van der Waals surface area contributed by atoms with E-state index in [2.05, 4.69) is 34.1 Å². The Kier molecular flexibility index (Phi) is 4.75. The molecular weight excluding hydrogens is 338 g/mol. The van der Waals surface area contributed by atoms with E-state index in [-0.39, 0.29) is 5.91 Å². The van der Waals surface area contributed by atoms with E-state index in [4.69, 9.17) is 4.74 Å². The zero-order valence-corrected chi connectivity index (χ0v) is 15.9. The first-order chi connectivity index (χ1) is 13.2. The molecule has 5 heteroatoms. The van der Waals surface area contributed by atoms with Gasteiger partial charge in [-0.3, -0.25) is 4.79 Å². The molecule has 0 radical (unpaired) electrons. The van der Waals surface area contributed by atoms with Gasteiger partial charge in [0.2, 0.25) is 5.91 Å². The number of nitrogens with one attached hydrogen (secondary N) is 1. The molecular formula is C22H25N3O2. The van der Waals surface area contributed by atoms with Gasteiger partial charge in [-0.2, -0.15) is 0 Å². The lowest BCUT2D eigenvalue weighted by Crippen LogP contribution is -2.49. The molecule has 1 fully saturated rings. The smallest absolute Gasteiger partial charge is 0.227 e. The molecule has 2 aromatic carbocycles. The fourth-order valence-electron chi connectivity index (χ4n) is 3.83. The van der Waals surface area contributed by atoms with E-state index in [1.54, 1.807) is 7.11 Å². The molecule has 5 nitrogen and oxygen atoms in total. The Morgan fingerprint density at radius 3 is 2.52 bits per heavy atom. The van der Waals surface area contributed by atoms with Crippen molar-refractivity contribution in [1.82, 2.24) is 9.88 Å². The van der Waals surface area contributed by atoms with Crippen molar-refractivity contribution in [3.8, 4) is 5.75 Å². The van der Waals surface area contributed by atoms with Crippen LogP contribution in [-0.4, -0.2) is 49.1 Å². The average molecular weight is 363 g/mol. The highest BCUT2D eigenvalue weighted by Crippen LogP contribution is 2.27. The van der Waals surface area contributed by atoms with Crippen LogP contribution in [0.1, 0.15) is 11.3 Å². The van der Waals surface area contributed by atoms with Gasteiger partial charge in [-0.1, -0.05) is 18.2 Å². The van der Waals surface area contributed by atoms with E-state index in [0.29, 0.717) is 6.42 Å². The highest BCUT2D eigenvalue weighted by molar-refractivity contribution is 5.91. The van der Waals surface area contributed by atoms with Gasteiger partial charge in [0.15, 0.2) is 0 Å². The van der Waals surface area contributed by atoms with Gasteiger partial charge in [0.1, 0.15) is 5.75 Å². The summed E-state index contributed by atoms with van der Waals surface area (Å²) in [5.41, 5.74) is 4.39. The Balaban J connectivity index is 1.46. The van der Waals surface area contributed by atoms with E-state index in [1.165, 1.54) is 5.69 Å². The molecule has 4 rings (SSSR count). The lowest BCUT2D eigenvalue weighted by Gasteiger charge is -2.36. The zero-order valence-electron chi connectivity index (χ0n) is 15.9. The first-order valence-electron chi connectivity index (χ1n) is 9.38. The Morgan fingerprint density at radius 1 is 1.07 bits per heavy atom. The number of hydrogen-bond acceptors (Lipinski definition) is 3. The molecule has 0 saturated carbocycles. The molecule has 27 heavy (non-hydrogen) atoms. The van der Waals surface area contributed by atoms with Gasteiger partial charge in [-0.15, -0.1) is 0 Å². The number of fused-ring (bicyclic) bond motifs is 1. The van der Waals surface area contributed by atoms with E-state index in [0.717, 1.165) is 54.1 Å². The summed E-state index contributed by atoms with van der Waals surface area (Å²) in [6, 6.07) is 16.3. The van der Waals surface area contributed by atoms with Crippen LogP contribution in [0.2, 0.25) is 0 Å². The maximum Gasteiger partial charge on any atom is 0.227 e. The zero-order chi connectivity index (χ0) is 18.8. The topological polar surface area (TPSA) is 48.6 Å². The van der Waals surface area contributed by atoms with Crippen LogP contribution in [0, 0.1) is 6.92 Å². The van der Waals surface area contributed by atoms with Crippen LogP contribution >= 0.6 is 0 Å². The van der Waals surface area contributed by atoms with Gasteiger partial charge in [0, 0.05) is 48.5 Å². The maximum absolute atomic E-state index is 12.9. The number of hydrogen-bond donors (Lipinski definition) is 1. The number of benzene rings is 2. The monoisotopic (exact) mass is 363 g/mol. The standard InChI is InChI=1S/C22H25N3O2/c1-16-19(20-14-18(27-2)8-9-21(20)23-16)15-22(26)25-12-10-24(11-13-25)17-6-4-3-5-7-17/h3-9,14,23H,10-13,15H2,1-2H3. The molecule has 0 atom stereocenters. The summed E-state index contributed by atoms with van der Waals surface area (Å²) in [5.74, 6) is 1.00. The number of aromatic amines is 1. The number of para-hydroxylation sites is 1. The molecule has 1 amide bonds. The fraction of sp³-hybridized carbons (Fsp3) is 0.318. The van der Waals surface area contributed by atoms with Crippen LogP contribution in [0.5, 0.6) is 5.75 Å². The minimum Gasteiger partial charge on any atom is -0.497 e. The summed E-state index contributed by atoms with van der Waals surface area (Å²) in [7, 11) is 1.66. The molecule has 1 N–H and O–H groups in total. The molecule has 1 saturated heterocycles. The van der Waals surface area contributed by atoms with Crippen LogP contribution in [-0.2, 0) is 11.2 Å². The first kappa shape index (κ1) is 17.5. The van der Waals surface area contributed by atoms with Crippen molar-refractivity contribution in [2.45, 2.75) is 13.3 Å². The summed E-state index contributed by atoms with van der Waals surface area (Å²) in [6.07, 6.45) is 0.421. The van der Waals surface area contributed by atoms with E-state index in [1.807, 2.05) is 36.1 Å². The third-order valence-corrected chi connectivity index (χ3v) is 5.41. The number of aromatic nitrogens is 1. The molecule has 0 unspecified atom stereocenters. The molecule has 1 aromatic heterocycles. The number of amides is 1. The number of ether oxygens (including phenoxy) is 1. The third-order valence-electron chi connectivity index (χ3n) is 5.41. The van der Waals surface area contributed by atoms with E-state index in [9.17, 15) is 4.79 Å². The van der Waals surface area contributed by atoms with Crippen molar-refractivity contribution in [3.63, 3.8) is 0 Å². The molecule has 1 aliphatic rings. The minimum atomic E-state index is 0.189. The Morgan fingerprint density at radius 2 is 1.81 bits per heavy atom. The lowest BCUT2D eigenvalue weighted by atomic mass is 10.1. The number of anilines is 1. The maximum atomic E-state index is 12.9. The Bertz CT molecular complexity index is 941. The van der Waals surface area contributed by atoms with Gasteiger partial charge < -0.3 is 19.5 Å². The van der Waals surface area contributed by atoms with Crippen molar-refractivity contribution >= 4 is 22.5 Å². The minimum absolute atomic E-state index is 0.189. The first-order valence-corrected chi connectivity index (χ1v) is 9.38. The highest BCUT2D eigenvalue weighted by atomic mass is 16.5. The molecule has 3 aromatic rings. The SMILES string of the molecule is COc1ccc2[nH]c(C)c(CC(=O)N3CCN(c4ccccc4)CC3)c2c1. The van der Waals surface area contributed by atoms with E-state index >= 15 is 0 Å². The fourth-order valence-corrected chi connectivity index (χ4v) is 3.83. The van der Waals surface area contributed by atoms with Gasteiger partial charge in [0.25, 0.3) is 0 Å². The van der Waals surface area contributed by atoms with Crippen molar-refractivity contribution in [2.75, 3.05) is 38.2 Å². The van der Waals surface area contributed by atoms with Gasteiger partial charge in [-0.25, -0.2) is 0 Å². The number of piperazine rings is 1. The number of carbonyl (C=O) groups is 1. The Hall–Kier alpha value is -2.95. The van der Waals surface area contributed by atoms with Crippen LogP contribution in [0.3, 0.4) is 0 Å². The second-order valence-electron chi connectivity index (χ2n) is 7.02. The molecule has 1 aliphatic heterocycles. The summed E-state index contributed by atoms with van der Waals surface area (Å²) < 4.78 is 5.35. The number of nitrogens with zero attached hydrogens (tertiary/aromatic N) is 2. The van der Waals surface area contributed by atoms with Crippen molar-refractivity contribution in [3.05, 3.63) is 59.8 Å². The number of rotatable bonds is 4. The number of H-pyrrole nitrogens is 1. The molecule has 0 spiro atoms. The lowest BCUT2D eigenvalue weighted by molar-refractivity contribution is -0.130. The second-order valence-corrected chi connectivity index (χ2v) is 7.02. The van der Waals surface area contributed by atoms with Crippen molar-refractivity contribution < 1.29 is 9.53 Å². The predicted octanol–water partition coefficient (Wildman–Crippen LogP) is 3.38. The molecule has 2 heterocycles. The van der Waals surface area contributed by atoms with Gasteiger partial charge in [0.05, 0.1) is 13.5 Å². The normalized spacial score (nSPS) is 14.6. The van der Waals surface area contributed by atoms with Crippen molar-refractivity contribution in [1.29, 1.82) is 0 Å². The third kappa shape index (κ3) is 3.50. The largest absolute Gasteiger partial charge is 0.497 e. The molecule has 140 valence electrons. The second kappa shape index (κ2) is 7.35. The quantitative estimate of drug-likeness (QED) is 0.773. The highest BCUT2D eigenvalue weighted by Gasteiger charge is 2.23.